The molecule has 1 aromatic carbocycles. The Labute approximate surface area is 107 Å². The molecular formula is C14H18O4. The predicted molar refractivity (Wildman–Crippen MR) is 67.6 cm³/mol. The summed E-state index contributed by atoms with van der Waals surface area (Å²) in [4.78, 5) is 22.8. The maximum absolute atomic E-state index is 11.5. The Morgan fingerprint density at radius 2 is 2.06 bits per heavy atom. The first-order valence-electron chi connectivity index (χ1n) is 5.87. The first-order valence-corrected chi connectivity index (χ1v) is 5.87. The van der Waals surface area contributed by atoms with Crippen molar-refractivity contribution >= 4 is 11.8 Å². The van der Waals surface area contributed by atoms with Crippen molar-refractivity contribution in [2.24, 2.45) is 0 Å². The van der Waals surface area contributed by atoms with Crippen LogP contribution in [0.15, 0.2) is 24.3 Å². The van der Waals surface area contributed by atoms with Crippen LogP contribution in [0.5, 0.6) is 0 Å². The Hall–Kier alpha value is -1.68. The molecule has 0 radical (unpaired) electrons. The molecule has 0 aromatic heterocycles. The summed E-state index contributed by atoms with van der Waals surface area (Å²) in [5.74, 6) is -0.395. The second-order valence-corrected chi connectivity index (χ2v) is 3.93. The van der Waals surface area contributed by atoms with Gasteiger partial charge in [0, 0.05) is 18.6 Å². The van der Waals surface area contributed by atoms with E-state index in [0.29, 0.717) is 18.6 Å². The van der Waals surface area contributed by atoms with E-state index in [1.54, 1.807) is 18.2 Å². The highest BCUT2D eigenvalue weighted by atomic mass is 16.6. The highest BCUT2D eigenvalue weighted by molar-refractivity contribution is 5.94. The van der Waals surface area contributed by atoms with Crippen molar-refractivity contribution in [1.29, 1.82) is 0 Å². The lowest BCUT2D eigenvalue weighted by Gasteiger charge is -2.14. The Balaban J connectivity index is 2.83. The van der Waals surface area contributed by atoms with E-state index in [0.717, 1.165) is 5.56 Å². The average molecular weight is 250 g/mol. The van der Waals surface area contributed by atoms with Crippen LogP contribution in [-0.2, 0) is 20.7 Å². The maximum Gasteiger partial charge on any atom is 0.335 e. The minimum atomic E-state index is -0.623. The average Bonchev–Trinajstić information content (AvgIpc) is 2.37. The number of carbonyl (C=O) groups is 2. The number of hydrogen-bond donors (Lipinski definition) is 0. The molecule has 0 fully saturated rings. The fourth-order valence-electron chi connectivity index (χ4n) is 1.67. The first-order chi connectivity index (χ1) is 8.58. The van der Waals surface area contributed by atoms with E-state index < -0.39 is 12.1 Å². The molecule has 0 unspecified atom stereocenters. The van der Waals surface area contributed by atoms with E-state index in [1.165, 1.54) is 14.0 Å². The number of Topliss-reactive ketones (excluding diaryl/α,β-unsaturated/α-hetero) is 1. The Bertz CT molecular complexity index is 426. The van der Waals surface area contributed by atoms with Gasteiger partial charge < -0.3 is 9.47 Å². The Kier molecular flexibility index (Phi) is 5.52. The summed E-state index contributed by atoms with van der Waals surface area (Å²) in [6.07, 6.45) is -0.219. The van der Waals surface area contributed by atoms with Gasteiger partial charge in [-0.25, -0.2) is 4.79 Å². The van der Waals surface area contributed by atoms with Crippen molar-refractivity contribution in [2.45, 2.75) is 26.4 Å². The molecule has 0 saturated carbocycles. The van der Waals surface area contributed by atoms with Crippen LogP contribution in [0, 0.1) is 0 Å². The van der Waals surface area contributed by atoms with Crippen LogP contribution >= 0.6 is 0 Å². The van der Waals surface area contributed by atoms with E-state index in [2.05, 4.69) is 4.74 Å². The zero-order valence-electron chi connectivity index (χ0n) is 10.9. The SMILES string of the molecule is CCO[C@H](Cc1cccc(C(C)=O)c1)C(=O)OC. The molecule has 4 heteroatoms. The maximum atomic E-state index is 11.5. The summed E-state index contributed by atoms with van der Waals surface area (Å²) >= 11 is 0. The van der Waals surface area contributed by atoms with E-state index >= 15 is 0 Å². The zero-order chi connectivity index (χ0) is 13.5. The lowest BCUT2D eigenvalue weighted by atomic mass is 10.0. The van der Waals surface area contributed by atoms with Crippen LogP contribution < -0.4 is 0 Å². The molecule has 98 valence electrons. The third-order valence-electron chi connectivity index (χ3n) is 2.59. The van der Waals surface area contributed by atoms with Gasteiger partial charge in [-0.05, 0) is 25.5 Å². The predicted octanol–water partition coefficient (Wildman–Crippen LogP) is 2.01. The molecule has 4 nitrogen and oxygen atoms in total. The van der Waals surface area contributed by atoms with Crippen molar-refractivity contribution in [3.8, 4) is 0 Å². The summed E-state index contributed by atoms with van der Waals surface area (Å²) < 4.78 is 10.0. The number of esters is 1. The van der Waals surface area contributed by atoms with Gasteiger partial charge in [-0.2, -0.15) is 0 Å². The molecule has 0 amide bonds. The van der Waals surface area contributed by atoms with Crippen molar-refractivity contribution < 1.29 is 19.1 Å². The molecule has 1 atom stereocenters. The van der Waals surface area contributed by atoms with Gasteiger partial charge in [0.05, 0.1) is 7.11 Å². The quantitative estimate of drug-likeness (QED) is 0.572. The molecule has 1 rings (SSSR count). The van der Waals surface area contributed by atoms with Gasteiger partial charge in [-0.1, -0.05) is 18.2 Å². The molecule has 0 spiro atoms. The van der Waals surface area contributed by atoms with Crippen molar-refractivity contribution in [2.75, 3.05) is 13.7 Å². The van der Waals surface area contributed by atoms with Crippen LogP contribution in [0.3, 0.4) is 0 Å². The van der Waals surface area contributed by atoms with Crippen LogP contribution in [0.1, 0.15) is 29.8 Å². The minimum Gasteiger partial charge on any atom is -0.467 e. The van der Waals surface area contributed by atoms with Crippen LogP contribution in [0.4, 0.5) is 0 Å². The number of rotatable bonds is 6. The number of benzene rings is 1. The van der Waals surface area contributed by atoms with Crippen molar-refractivity contribution in [3.63, 3.8) is 0 Å². The van der Waals surface area contributed by atoms with E-state index in [9.17, 15) is 9.59 Å². The Morgan fingerprint density at radius 1 is 1.33 bits per heavy atom. The number of hydrogen-bond acceptors (Lipinski definition) is 4. The van der Waals surface area contributed by atoms with E-state index in [1.807, 2.05) is 13.0 Å². The summed E-state index contributed by atoms with van der Waals surface area (Å²) in [5.41, 5.74) is 1.51. The normalized spacial score (nSPS) is 11.9. The monoisotopic (exact) mass is 250 g/mol. The minimum absolute atomic E-state index is 0.00266. The molecule has 0 aliphatic heterocycles. The highest BCUT2D eigenvalue weighted by Gasteiger charge is 2.19. The smallest absolute Gasteiger partial charge is 0.335 e. The first kappa shape index (κ1) is 14.4. The van der Waals surface area contributed by atoms with Gasteiger partial charge in [-0.3, -0.25) is 4.79 Å². The molecule has 18 heavy (non-hydrogen) atoms. The lowest BCUT2D eigenvalue weighted by molar-refractivity contribution is -0.153. The summed E-state index contributed by atoms with van der Waals surface area (Å²) in [5, 5.41) is 0. The third kappa shape index (κ3) is 3.96. The van der Waals surface area contributed by atoms with Gasteiger partial charge in [0.15, 0.2) is 11.9 Å². The molecule has 0 heterocycles. The molecule has 1 aromatic rings. The molecule has 0 saturated heterocycles. The van der Waals surface area contributed by atoms with E-state index in [4.69, 9.17) is 4.74 Å². The number of carbonyl (C=O) groups excluding carboxylic acids is 2. The van der Waals surface area contributed by atoms with Crippen molar-refractivity contribution in [3.05, 3.63) is 35.4 Å². The fourth-order valence-corrected chi connectivity index (χ4v) is 1.67. The standard InChI is InChI=1S/C14H18O4/c1-4-18-13(14(16)17-3)9-11-6-5-7-12(8-11)10(2)15/h5-8,13H,4,9H2,1-3H3/t13-/m1/s1. The lowest BCUT2D eigenvalue weighted by Crippen LogP contribution is -2.28. The molecule has 0 aliphatic rings. The largest absolute Gasteiger partial charge is 0.467 e. The second kappa shape index (κ2) is 6.91. The third-order valence-corrected chi connectivity index (χ3v) is 2.59. The number of methoxy groups -OCH3 is 1. The van der Waals surface area contributed by atoms with Crippen LogP contribution in [0.25, 0.3) is 0 Å². The number of ether oxygens (including phenoxy) is 2. The number of ketones is 1. The summed E-state index contributed by atoms with van der Waals surface area (Å²) in [6, 6.07) is 7.19. The molecule has 0 aliphatic carbocycles. The van der Waals surface area contributed by atoms with Crippen molar-refractivity contribution in [1.82, 2.24) is 0 Å². The van der Waals surface area contributed by atoms with Gasteiger partial charge in [-0.15, -0.1) is 0 Å². The summed E-state index contributed by atoms with van der Waals surface area (Å²) in [6.45, 7) is 3.77. The fraction of sp³-hybridized carbons (Fsp3) is 0.429. The Morgan fingerprint density at radius 3 is 2.61 bits per heavy atom. The molecule has 0 N–H and O–H groups in total. The van der Waals surface area contributed by atoms with Gasteiger partial charge in [0.1, 0.15) is 0 Å². The highest BCUT2D eigenvalue weighted by Crippen LogP contribution is 2.11. The van der Waals surface area contributed by atoms with Crippen LogP contribution in [-0.4, -0.2) is 31.6 Å². The molecule has 0 bridgehead atoms. The topological polar surface area (TPSA) is 52.6 Å². The second-order valence-electron chi connectivity index (χ2n) is 3.93. The summed E-state index contributed by atoms with van der Waals surface area (Å²) in [7, 11) is 1.33. The van der Waals surface area contributed by atoms with Crippen LogP contribution in [0.2, 0.25) is 0 Å². The van der Waals surface area contributed by atoms with Gasteiger partial charge in [0.2, 0.25) is 0 Å². The molecular weight excluding hydrogens is 232 g/mol. The van der Waals surface area contributed by atoms with E-state index in [-0.39, 0.29) is 5.78 Å². The van der Waals surface area contributed by atoms with Gasteiger partial charge >= 0.3 is 5.97 Å². The zero-order valence-corrected chi connectivity index (χ0v) is 10.9. The van der Waals surface area contributed by atoms with Gasteiger partial charge in [0.25, 0.3) is 0 Å².